The molecule has 0 spiro atoms. The van der Waals surface area contributed by atoms with Crippen molar-refractivity contribution < 1.29 is 5.11 Å². The maximum atomic E-state index is 11.0. The van der Waals surface area contributed by atoms with Crippen LogP contribution in [-0.2, 0) is 0 Å². The van der Waals surface area contributed by atoms with Gasteiger partial charge in [-0.3, -0.25) is 0 Å². The molecule has 0 aliphatic heterocycles. The first kappa shape index (κ1) is 23.0. The van der Waals surface area contributed by atoms with Crippen LogP contribution in [0.5, 0.6) is 0 Å². The molecule has 4 saturated carbocycles. The Labute approximate surface area is 198 Å². The summed E-state index contributed by atoms with van der Waals surface area (Å²) in [4.78, 5) is 0. The molecule has 0 aromatic carbocycles. The summed E-state index contributed by atoms with van der Waals surface area (Å²) in [7, 11) is 0. The summed E-state index contributed by atoms with van der Waals surface area (Å²) in [6.45, 7) is 22.3. The van der Waals surface area contributed by atoms with Crippen molar-refractivity contribution in [2.45, 2.75) is 113 Å². The molecule has 0 aromatic heterocycles. The fourth-order valence-electron chi connectivity index (χ4n) is 11.1. The Morgan fingerprint density at radius 1 is 0.906 bits per heavy atom. The first-order chi connectivity index (χ1) is 14.8. The molecule has 0 bridgehead atoms. The minimum atomic E-state index is -0.0750. The van der Waals surface area contributed by atoms with Gasteiger partial charge in [0.1, 0.15) is 0 Å². The molecule has 1 nitrogen and oxygen atoms in total. The normalized spacial score (nSPS) is 54.3. The van der Waals surface area contributed by atoms with Crippen LogP contribution in [0.15, 0.2) is 24.0 Å². The maximum absolute atomic E-state index is 11.0. The molecule has 180 valence electrons. The first-order valence-corrected chi connectivity index (χ1v) is 13.9. The summed E-state index contributed by atoms with van der Waals surface area (Å²) in [6.07, 6.45) is 15.8. The number of fused-ring (bicyclic) bond motifs is 7. The van der Waals surface area contributed by atoms with Crippen molar-refractivity contribution in [3.8, 4) is 0 Å². The molecule has 0 saturated heterocycles. The number of aliphatic hydroxyl groups excluding tert-OH is 1. The number of aliphatic hydroxyl groups is 1. The van der Waals surface area contributed by atoms with Gasteiger partial charge in [-0.2, -0.15) is 0 Å². The van der Waals surface area contributed by atoms with Gasteiger partial charge in [0, 0.05) is 5.41 Å². The lowest BCUT2D eigenvalue weighted by atomic mass is 9.33. The number of allylic oxidation sites excluding steroid dienone is 3. The van der Waals surface area contributed by atoms with E-state index in [0.717, 1.165) is 30.6 Å². The quantitative estimate of drug-likeness (QED) is 0.319. The summed E-state index contributed by atoms with van der Waals surface area (Å²) in [5.41, 5.74) is 3.26. The van der Waals surface area contributed by atoms with Crippen LogP contribution in [0.25, 0.3) is 0 Å². The van der Waals surface area contributed by atoms with Gasteiger partial charge in [0.25, 0.3) is 0 Å². The Morgan fingerprint density at radius 3 is 2.31 bits per heavy atom. The zero-order valence-corrected chi connectivity index (χ0v) is 22.2. The third-order valence-corrected chi connectivity index (χ3v) is 13.3. The third-order valence-electron chi connectivity index (χ3n) is 13.3. The van der Waals surface area contributed by atoms with Gasteiger partial charge < -0.3 is 5.11 Å². The van der Waals surface area contributed by atoms with Gasteiger partial charge >= 0.3 is 0 Å². The molecule has 0 amide bonds. The van der Waals surface area contributed by atoms with Crippen LogP contribution < -0.4 is 0 Å². The minimum absolute atomic E-state index is 0.0750. The molecule has 5 rings (SSSR count). The summed E-state index contributed by atoms with van der Waals surface area (Å²) in [5.74, 6) is 3.99. The Morgan fingerprint density at radius 2 is 1.62 bits per heavy atom. The Kier molecular flexibility index (Phi) is 4.98. The second kappa shape index (κ2) is 6.91. The molecule has 7 unspecified atom stereocenters. The van der Waals surface area contributed by atoms with Crippen molar-refractivity contribution in [3.05, 3.63) is 24.0 Å². The molecule has 1 heteroatoms. The summed E-state index contributed by atoms with van der Waals surface area (Å²) < 4.78 is 0. The molecule has 4 fully saturated rings. The van der Waals surface area contributed by atoms with Crippen LogP contribution in [0.4, 0.5) is 0 Å². The van der Waals surface area contributed by atoms with Crippen LogP contribution >= 0.6 is 0 Å². The zero-order valence-electron chi connectivity index (χ0n) is 22.2. The van der Waals surface area contributed by atoms with E-state index in [4.69, 9.17) is 0 Å². The van der Waals surface area contributed by atoms with E-state index in [-0.39, 0.29) is 10.8 Å². The van der Waals surface area contributed by atoms with E-state index >= 15 is 0 Å². The lowest BCUT2D eigenvalue weighted by Crippen LogP contribution is -2.63. The van der Waals surface area contributed by atoms with Gasteiger partial charge in [0.15, 0.2) is 0 Å². The van der Waals surface area contributed by atoms with Crippen LogP contribution in [0.3, 0.4) is 0 Å². The molecule has 32 heavy (non-hydrogen) atoms. The highest BCUT2D eigenvalue weighted by Gasteiger charge is 2.68. The van der Waals surface area contributed by atoms with Crippen molar-refractivity contribution in [3.63, 3.8) is 0 Å². The monoisotopic (exact) mass is 438 g/mol. The van der Waals surface area contributed by atoms with Crippen LogP contribution in [0.2, 0.25) is 0 Å². The van der Waals surface area contributed by atoms with E-state index in [1.807, 2.05) is 0 Å². The van der Waals surface area contributed by atoms with Gasteiger partial charge in [-0.25, -0.2) is 0 Å². The highest BCUT2D eigenvalue weighted by molar-refractivity contribution is 5.36. The minimum Gasteiger partial charge on any atom is -0.512 e. The van der Waals surface area contributed by atoms with E-state index in [9.17, 15) is 5.11 Å². The molecule has 0 aromatic rings. The molecule has 5 aliphatic carbocycles. The molecular formula is C31H50O. The van der Waals surface area contributed by atoms with Gasteiger partial charge in [-0.15, -0.1) is 0 Å². The zero-order chi connectivity index (χ0) is 23.3. The summed E-state index contributed by atoms with van der Waals surface area (Å²) in [5, 5.41) is 11.0. The predicted octanol–water partition coefficient (Wildman–Crippen LogP) is 9.11. The first-order valence-electron chi connectivity index (χ1n) is 13.9. The third kappa shape index (κ3) is 2.63. The van der Waals surface area contributed by atoms with E-state index < -0.39 is 0 Å². The van der Waals surface area contributed by atoms with E-state index in [2.05, 4.69) is 61.1 Å². The van der Waals surface area contributed by atoms with Crippen molar-refractivity contribution in [1.29, 1.82) is 0 Å². The maximum Gasteiger partial charge on any atom is 0.0918 e. The number of hydrogen-bond acceptors (Lipinski definition) is 1. The number of rotatable bonds is 1. The fraction of sp³-hybridized carbons (Fsp3) is 0.871. The molecular weight excluding hydrogens is 388 g/mol. The molecule has 1 N–H and O–H groups in total. The smallest absolute Gasteiger partial charge is 0.0918 e. The topological polar surface area (TPSA) is 20.2 Å². The van der Waals surface area contributed by atoms with Crippen LogP contribution in [0, 0.1) is 56.7 Å². The molecule has 0 heterocycles. The second-order valence-electron chi connectivity index (χ2n) is 14.6. The van der Waals surface area contributed by atoms with Crippen molar-refractivity contribution in [1.82, 2.24) is 0 Å². The lowest BCUT2D eigenvalue weighted by molar-refractivity contribution is -0.181. The van der Waals surface area contributed by atoms with E-state index in [1.165, 1.54) is 51.4 Å². The fourth-order valence-corrected chi connectivity index (χ4v) is 11.1. The lowest BCUT2D eigenvalue weighted by Gasteiger charge is -2.71. The van der Waals surface area contributed by atoms with E-state index in [1.54, 1.807) is 5.57 Å². The van der Waals surface area contributed by atoms with Crippen molar-refractivity contribution in [2.75, 3.05) is 0 Å². The molecule has 5 aliphatic rings. The van der Waals surface area contributed by atoms with Crippen molar-refractivity contribution in [2.24, 2.45) is 56.7 Å². The van der Waals surface area contributed by atoms with Crippen LogP contribution in [-0.4, -0.2) is 5.11 Å². The Bertz CT molecular complexity index is 835. The van der Waals surface area contributed by atoms with Gasteiger partial charge in [0.05, 0.1) is 5.76 Å². The van der Waals surface area contributed by atoms with Gasteiger partial charge in [-0.1, -0.05) is 73.1 Å². The average molecular weight is 439 g/mol. The van der Waals surface area contributed by atoms with Gasteiger partial charge in [-0.05, 0) is 109 Å². The molecule has 9 atom stereocenters. The highest BCUT2D eigenvalue weighted by atomic mass is 16.3. The standard InChI is InChI=1S/C31H50O/c1-20-12-17-31(22(3)32)19-18-29(7)23(26(31)21(20)2)10-11-25-28(6)15-9-14-27(4,5)24(28)13-16-30(25,29)8/h10,20-21,24-26,32H,3,9,11-19H2,1-2,4-8H3/t20-,21?,24?,25?,26?,28?,29-,30?,31?/m1/s1. The SMILES string of the molecule is C=C(O)C12CC[C@@H](C)C(C)C1C1=CCC3C4(C)CCCC(C)(C)C4CCC3(C)[C@]1(C)CC2. The van der Waals surface area contributed by atoms with Crippen molar-refractivity contribution >= 4 is 0 Å². The second-order valence-corrected chi connectivity index (χ2v) is 14.6. The van der Waals surface area contributed by atoms with E-state index in [0.29, 0.717) is 33.8 Å². The summed E-state index contributed by atoms with van der Waals surface area (Å²) >= 11 is 0. The van der Waals surface area contributed by atoms with Crippen LogP contribution in [0.1, 0.15) is 113 Å². The summed E-state index contributed by atoms with van der Waals surface area (Å²) in [6, 6.07) is 0. The Hall–Kier alpha value is -0.720. The Balaban J connectivity index is 1.62. The predicted molar refractivity (Wildman–Crippen MR) is 135 cm³/mol. The largest absolute Gasteiger partial charge is 0.512 e. The molecule has 0 radical (unpaired) electrons. The average Bonchev–Trinajstić information content (AvgIpc) is 2.70. The van der Waals surface area contributed by atoms with Gasteiger partial charge in [0.2, 0.25) is 0 Å². The highest BCUT2D eigenvalue weighted by Crippen LogP contribution is 2.76. The number of hydrogen-bond donors (Lipinski definition) is 1.